The largest absolute Gasteiger partial charge is 0.457 e. The van der Waals surface area contributed by atoms with Gasteiger partial charge in [0.2, 0.25) is 0 Å². The van der Waals surface area contributed by atoms with E-state index in [4.69, 9.17) is 14.3 Å². The van der Waals surface area contributed by atoms with Gasteiger partial charge in [-0.05, 0) is 41.1 Å². The molecule has 0 saturated carbocycles. The molecule has 3 aromatic rings. The van der Waals surface area contributed by atoms with Crippen LogP contribution in [0.1, 0.15) is 5.76 Å². The predicted molar refractivity (Wildman–Crippen MR) is 130 cm³/mol. The third-order valence-corrected chi connectivity index (χ3v) is 6.03. The summed E-state index contributed by atoms with van der Waals surface area (Å²) < 4.78 is 11.1. The van der Waals surface area contributed by atoms with Crippen molar-refractivity contribution in [1.29, 1.82) is 5.26 Å². The van der Waals surface area contributed by atoms with Crippen molar-refractivity contribution in [2.75, 3.05) is 32.2 Å². The van der Waals surface area contributed by atoms with Crippen LogP contribution in [0, 0.1) is 11.3 Å². The third kappa shape index (κ3) is 5.21. The second-order valence-electron chi connectivity index (χ2n) is 8.63. The topological polar surface area (TPSA) is 139 Å². The van der Waals surface area contributed by atoms with Gasteiger partial charge in [0, 0.05) is 31.4 Å². The number of carbonyl (C=O) groups is 1. The van der Waals surface area contributed by atoms with E-state index in [0.717, 1.165) is 22.0 Å². The van der Waals surface area contributed by atoms with E-state index in [9.17, 15) is 20.3 Å². The Morgan fingerprint density at radius 1 is 1.14 bits per heavy atom. The number of furan rings is 1. The van der Waals surface area contributed by atoms with Crippen LogP contribution in [0.25, 0.3) is 28.2 Å². The summed E-state index contributed by atoms with van der Waals surface area (Å²) >= 11 is 0. The van der Waals surface area contributed by atoms with E-state index < -0.39 is 36.9 Å². The first kappa shape index (κ1) is 24.4. The number of hydrogen-bond donors (Lipinski definition) is 4. The summed E-state index contributed by atoms with van der Waals surface area (Å²) in [6.45, 7) is -0.575. The van der Waals surface area contributed by atoms with Gasteiger partial charge < -0.3 is 34.7 Å². The van der Waals surface area contributed by atoms with Gasteiger partial charge in [-0.2, -0.15) is 5.26 Å². The molecule has 0 bridgehead atoms. The van der Waals surface area contributed by atoms with Crippen LogP contribution >= 0.6 is 0 Å². The lowest BCUT2D eigenvalue weighted by Gasteiger charge is -2.37. The number of anilines is 1. The van der Waals surface area contributed by atoms with Gasteiger partial charge in [0.15, 0.2) is 0 Å². The molecule has 4 N–H and O–H groups in total. The lowest BCUT2D eigenvalue weighted by molar-refractivity contribution is -0.163. The highest BCUT2D eigenvalue weighted by atomic mass is 16.5. The second kappa shape index (κ2) is 10.3. The van der Waals surface area contributed by atoms with Gasteiger partial charge in [0.25, 0.3) is 5.91 Å². The van der Waals surface area contributed by atoms with Crippen molar-refractivity contribution in [3.63, 3.8) is 0 Å². The molecule has 4 rings (SSSR count). The Hall–Kier alpha value is -3.68. The van der Waals surface area contributed by atoms with Crippen LogP contribution in [0.2, 0.25) is 0 Å². The highest BCUT2D eigenvalue weighted by Crippen LogP contribution is 2.29. The number of hydrogen-bond acceptors (Lipinski definition) is 8. The average Bonchev–Trinajstić information content (AvgIpc) is 3.33. The number of aliphatic hydroxyl groups is 3. The first-order valence-electron chi connectivity index (χ1n) is 11.1. The molecule has 1 unspecified atom stereocenters. The molecule has 182 valence electrons. The van der Waals surface area contributed by atoms with Crippen molar-refractivity contribution in [2.45, 2.75) is 24.4 Å². The fourth-order valence-electron chi connectivity index (χ4n) is 3.96. The summed E-state index contributed by atoms with van der Waals surface area (Å²) in [5.41, 5.74) is 1.73. The van der Waals surface area contributed by atoms with Crippen molar-refractivity contribution in [1.82, 2.24) is 5.32 Å². The molecule has 35 heavy (non-hydrogen) atoms. The lowest BCUT2D eigenvalue weighted by Crippen LogP contribution is -2.60. The first-order valence-corrected chi connectivity index (χ1v) is 11.1. The Balaban J connectivity index is 1.49. The number of amides is 1. The number of benzene rings is 2. The van der Waals surface area contributed by atoms with Crippen molar-refractivity contribution in [2.24, 2.45) is 0 Å². The number of fused-ring (bicyclic) bond motifs is 1. The fraction of sp³-hybridized carbons (Fsp3) is 0.308. The van der Waals surface area contributed by atoms with Crippen molar-refractivity contribution < 1.29 is 29.3 Å². The molecule has 0 radical (unpaired) electrons. The van der Waals surface area contributed by atoms with Crippen molar-refractivity contribution in [3.8, 4) is 17.4 Å². The Morgan fingerprint density at radius 2 is 1.89 bits per heavy atom. The molecule has 0 aliphatic carbocycles. The molecule has 1 fully saturated rings. The molecule has 1 saturated heterocycles. The molecule has 4 atom stereocenters. The quantitative estimate of drug-likeness (QED) is 0.311. The van der Waals surface area contributed by atoms with E-state index in [1.54, 1.807) is 12.1 Å². The first-order chi connectivity index (χ1) is 16.8. The molecule has 1 aromatic heterocycles. The summed E-state index contributed by atoms with van der Waals surface area (Å²) in [7, 11) is 3.98. The Morgan fingerprint density at radius 3 is 2.60 bits per heavy atom. The van der Waals surface area contributed by atoms with E-state index in [1.165, 1.54) is 6.08 Å². The minimum Gasteiger partial charge on any atom is -0.457 e. The summed E-state index contributed by atoms with van der Waals surface area (Å²) in [5, 5.41) is 43.5. The third-order valence-electron chi connectivity index (χ3n) is 6.03. The second-order valence-corrected chi connectivity index (χ2v) is 8.63. The van der Waals surface area contributed by atoms with Gasteiger partial charge in [0.1, 0.15) is 41.5 Å². The normalized spacial score (nSPS) is 22.6. The lowest BCUT2D eigenvalue weighted by atomic mass is 9.98. The van der Waals surface area contributed by atoms with Crippen LogP contribution in [-0.2, 0) is 9.53 Å². The minimum atomic E-state index is -1.36. The van der Waals surface area contributed by atoms with E-state index >= 15 is 0 Å². The molecule has 9 heteroatoms. The molecular weight excluding hydrogens is 450 g/mol. The molecule has 0 spiro atoms. The minimum absolute atomic E-state index is 0.114. The number of aliphatic hydroxyl groups excluding tert-OH is 3. The van der Waals surface area contributed by atoms with E-state index in [2.05, 4.69) is 11.4 Å². The zero-order valence-electron chi connectivity index (χ0n) is 19.4. The van der Waals surface area contributed by atoms with Gasteiger partial charge in [-0.1, -0.05) is 18.2 Å². The Bertz CT molecular complexity index is 1290. The van der Waals surface area contributed by atoms with Crippen molar-refractivity contribution >= 4 is 28.4 Å². The Kier molecular flexibility index (Phi) is 7.19. The van der Waals surface area contributed by atoms with Crippen LogP contribution in [0.15, 0.2) is 58.5 Å². The van der Waals surface area contributed by atoms with Crippen LogP contribution < -0.4 is 10.2 Å². The molecule has 1 amide bonds. The number of ether oxygens (including phenoxy) is 1. The summed E-state index contributed by atoms with van der Waals surface area (Å²) in [5.74, 6) is 0.160. The van der Waals surface area contributed by atoms with Gasteiger partial charge in [-0.15, -0.1) is 0 Å². The fourth-order valence-corrected chi connectivity index (χ4v) is 3.96. The summed E-state index contributed by atoms with van der Waals surface area (Å²) in [4.78, 5) is 14.6. The van der Waals surface area contributed by atoms with E-state index in [-0.39, 0.29) is 12.2 Å². The van der Waals surface area contributed by atoms with Crippen molar-refractivity contribution in [3.05, 3.63) is 59.9 Å². The molecule has 1 aliphatic rings. The number of carbonyl (C=O) groups excluding carboxylic acids is 1. The standard InChI is InChI=1S/C26H27N3O6/c1-29(2)19-6-5-15-9-17(4-3-16(15)10-19)22-8-7-20(35-22)11-18(12-27)26(33)28-21-14-34-23(13-30)25(32)24(21)31/h3-11,21,23-25,30-32H,13-14H2,1-2H3,(H,28,33)/b18-11+/t21?,23-,24-,25-/m1/s1. The molecular formula is C26H27N3O6. The van der Waals surface area contributed by atoms with Gasteiger partial charge in [0.05, 0.1) is 19.3 Å². The highest BCUT2D eigenvalue weighted by molar-refractivity contribution is 6.01. The number of nitrogens with one attached hydrogen (secondary N) is 1. The average molecular weight is 478 g/mol. The molecule has 2 heterocycles. The van der Waals surface area contributed by atoms with Crippen LogP contribution in [0.4, 0.5) is 5.69 Å². The number of nitrogens with zero attached hydrogens (tertiary/aromatic N) is 2. The maximum absolute atomic E-state index is 12.6. The summed E-state index contributed by atoms with van der Waals surface area (Å²) in [6.07, 6.45) is -2.33. The molecule has 9 nitrogen and oxygen atoms in total. The van der Waals surface area contributed by atoms with Gasteiger partial charge in [-0.25, -0.2) is 0 Å². The van der Waals surface area contributed by atoms with E-state index in [1.807, 2.05) is 55.4 Å². The van der Waals surface area contributed by atoms with Crippen LogP contribution in [-0.4, -0.2) is 72.9 Å². The smallest absolute Gasteiger partial charge is 0.262 e. The maximum atomic E-state index is 12.6. The molecule has 1 aliphatic heterocycles. The Labute approximate surface area is 202 Å². The van der Waals surface area contributed by atoms with Gasteiger partial charge >= 0.3 is 0 Å². The van der Waals surface area contributed by atoms with Crippen LogP contribution in [0.5, 0.6) is 0 Å². The summed E-state index contributed by atoms with van der Waals surface area (Å²) in [6, 6.07) is 16.5. The predicted octanol–water partition coefficient (Wildman–Crippen LogP) is 1.67. The van der Waals surface area contributed by atoms with Gasteiger partial charge in [-0.3, -0.25) is 4.79 Å². The van der Waals surface area contributed by atoms with Crippen LogP contribution in [0.3, 0.4) is 0 Å². The molecule has 2 aromatic carbocycles. The zero-order valence-corrected chi connectivity index (χ0v) is 19.4. The monoisotopic (exact) mass is 477 g/mol. The SMILES string of the molecule is CN(C)c1ccc2cc(-c3ccc(/C=C(\C#N)C(=O)NC4CO[C@H](CO)[C@@H](O)[C@@H]4O)o3)ccc2c1. The maximum Gasteiger partial charge on any atom is 0.262 e. The zero-order chi connectivity index (χ0) is 25.1. The number of rotatable bonds is 6. The number of nitriles is 1. The van der Waals surface area contributed by atoms with E-state index in [0.29, 0.717) is 11.5 Å². The highest BCUT2D eigenvalue weighted by Gasteiger charge is 2.39.